The van der Waals surface area contributed by atoms with Crippen molar-refractivity contribution in [1.29, 1.82) is 0 Å². The zero-order valence-electron chi connectivity index (χ0n) is 17.6. The number of imide groups is 2. The molecule has 32 heavy (non-hydrogen) atoms. The summed E-state index contributed by atoms with van der Waals surface area (Å²) in [6.07, 6.45) is 2.29. The van der Waals surface area contributed by atoms with Crippen molar-refractivity contribution in [3.63, 3.8) is 0 Å². The summed E-state index contributed by atoms with van der Waals surface area (Å²) in [5.41, 5.74) is 1.15. The van der Waals surface area contributed by atoms with Gasteiger partial charge in [-0.25, -0.2) is 4.68 Å². The topological polar surface area (TPSA) is 138 Å². The molecule has 11 nitrogen and oxygen atoms in total. The molecular weight excluding hydrogens is 414 g/mol. The lowest BCUT2D eigenvalue weighted by Crippen LogP contribution is -2.54. The van der Waals surface area contributed by atoms with Crippen molar-refractivity contribution in [3.05, 3.63) is 40.7 Å². The number of rotatable bonds is 5. The molecule has 4 amide bonds. The summed E-state index contributed by atoms with van der Waals surface area (Å²) in [6, 6.07) is 4.21. The van der Waals surface area contributed by atoms with E-state index < -0.39 is 29.7 Å². The number of aryl methyl sites for hydroxylation is 1. The smallest absolute Gasteiger partial charge is 0.262 e. The first-order valence-corrected chi connectivity index (χ1v) is 10.7. The van der Waals surface area contributed by atoms with Gasteiger partial charge in [0.25, 0.3) is 11.8 Å². The van der Waals surface area contributed by atoms with Crippen LogP contribution in [0.4, 0.5) is 5.95 Å². The van der Waals surface area contributed by atoms with Gasteiger partial charge >= 0.3 is 0 Å². The third-order valence-corrected chi connectivity index (χ3v) is 6.14. The van der Waals surface area contributed by atoms with E-state index in [1.807, 2.05) is 0 Å². The number of hydrogen-bond donors (Lipinski definition) is 3. The highest BCUT2D eigenvalue weighted by molar-refractivity contribution is 6.24. The minimum atomic E-state index is -0.985. The second-order valence-electron chi connectivity index (χ2n) is 8.21. The number of fused-ring (bicyclic) bond motifs is 1. The molecule has 2 atom stereocenters. The number of anilines is 1. The van der Waals surface area contributed by atoms with Crippen LogP contribution in [0.25, 0.3) is 0 Å². The average Bonchev–Trinajstić information content (AvgIpc) is 3.48. The number of benzene rings is 1. The molecule has 1 aromatic heterocycles. The fourth-order valence-electron chi connectivity index (χ4n) is 4.52. The maximum atomic E-state index is 13.2. The predicted molar refractivity (Wildman–Crippen MR) is 111 cm³/mol. The molecule has 3 N–H and O–H groups in total. The van der Waals surface area contributed by atoms with E-state index >= 15 is 0 Å². The summed E-state index contributed by atoms with van der Waals surface area (Å²) in [4.78, 5) is 55.4. The number of nitrogens with one attached hydrogen (secondary N) is 3. The molecule has 5 rings (SSSR count). The molecule has 3 aliphatic heterocycles. The van der Waals surface area contributed by atoms with Crippen LogP contribution in [0.15, 0.2) is 18.2 Å². The fourth-order valence-corrected chi connectivity index (χ4v) is 4.52. The molecule has 0 radical (unpaired) electrons. The van der Waals surface area contributed by atoms with Crippen LogP contribution in [0.2, 0.25) is 0 Å². The molecule has 1 unspecified atom stereocenters. The zero-order chi connectivity index (χ0) is 22.4. The first kappa shape index (κ1) is 20.3. The molecule has 0 aliphatic carbocycles. The van der Waals surface area contributed by atoms with E-state index in [-0.39, 0.29) is 36.6 Å². The second kappa shape index (κ2) is 7.83. The molecule has 11 heteroatoms. The van der Waals surface area contributed by atoms with E-state index in [2.05, 4.69) is 26.0 Å². The van der Waals surface area contributed by atoms with E-state index in [0.29, 0.717) is 11.5 Å². The lowest BCUT2D eigenvalue weighted by atomic mass is 10.0. The molecule has 1 aromatic carbocycles. The molecule has 0 spiro atoms. The van der Waals surface area contributed by atoms with Gasteiger partial charge in [0.2, 0.25) is 17.8 Å². The van der Waals surface area contributed by atoms with Crippen LogP contribution in [0.3, 0.4) is 0 Å². The third kappa shape index (κ3) is 3.34. The van der Waals surface area contributed by atoms with Crippen LogP contribution >= 0.6 is 0 Å². The average molecular weight is 437 g/mol. The van der Waals surface area contributed by atoms with Gasteiger partial charge in [-0.2, -0.15) is 10.1 Å². The van der Waals surface area contributed by atoms with E-state index in [4.69, 9.17) is 0 Å². The Hall–Kier alpha value is -3.60. The maximum absolute atomic E-state index is 13.2. The Kier molecular flexibility index (Phi) is 4.97. The van der Waals surface area contributed by atoms with Gasteiger partial charge in [0.15, 0.2) is 5.82 Å². The van der Waals surface area contributed by atoms with Crippen molar-refractivity contribution in [3.8, 4) is 0 Å². The van der Waals surface area contributed by atoms with Crippen molar-refractivity contribution >= 4 is 29.6 Å². The predicted octanol–water partition coefficient (Wildman–Crippen LogP) is 0.253. The zero-order valence-corrected chi connectivity index (χ0v) is 17.6. The molecule has 2 aromatic rings. The quantitative estimate of drug-likeness (QED) is 0.566. The Morgan fingerprint density at radius 3 is 2.75 bits per heavy atom. The van der Waals surface area contributed by atoms with Gasteiger partial charge in [-0.3, -0.25) is 29.4 Å². The van der Waals surface area contributed by atoms with Crippen LogP contribution in [-0.2, 0) is 23.2 Å². The normalized spacial score (nSPS) is 23.0. The number of hydrogen-bond acceptors (Lipinski definition) is 8. The molecule has 2 saturated heterocycles. The van der Waals surface area contributed by atoms with Crippen molar-refractivity contribution in [2.45, 2.75) is 44.3 Å². The SMILES string of the molecule is Cn1nc([C@@H]2CCCN2)nc1NCc1cccc2c1C(=O)N(C1CCC(=O)NC1=O)C2=O. The summed E-state index contributed by atoms with van der Waals surface area (Å²) in [7, 11) is 1.79. The first-order valence-electron chi connectivity index (χ1n) is 10.7. The number of nitrogens with zero attached hydrogens (tertiary/aromatic N) is 4. The van der Waals surface area contributed by atoms with Crippen LogP contribution in [-0.4, -0.2) is 55.9 Å². The summed E-state index contributed by atoms with van der Waals surface area (Å²) in [5, 5.41) is 13.2. The summed E-state index contributed by atoms with van der Waals surface area (Å²) < 4.78 is 1.65. The van der Waals surface area contributed by atoms with Gasteiger partial charge in [0.05, 0.1) is 17.2 Å². The summed E-state index contributed by atoms with van der Waals surface area (Å²) in [5.74, 6) is -0.780. The first-order chi connectivity index (χ1) is 15.4. The Morgan fingerprint density at radius 1 is 1.16 bits per heavy atom. The minimum Gasteiger partial charge on any atom is -0.350 e. The Labute approximate surface area is 183 Å². The van der Waals surface area contributed by atoms with Gasteiger partial charge in [-0.05, 0) is 37.4 Å². The lowest BCUT2D eigenvalue weighted by molar-refractivity contribution is -0.136. The summed E-state index contributed by atoms with van der Waals surface area (Å²) >= 11 is 0. The standard InChI is InChI=1S/C21H23N7O4/c1-27-21(25-17(26-27)13-6-3-9-22-13)23-10-11-4-2-5-12-16(11)20(32)28(19(12)31)14-7-8-15(29)24-18(14)30/h2,4-5,13-14,22H,3,6-10H2,1H3,(H,23,25,26)(H,24,29,30)/t13-,14?/m0/s1. The van der Waals surface area contributed by atoms with Crippen molar-refractivity contribution in [2.75, 3.05) is 11.9 Å². The van der Waals surface area contributed by atoms with E-state index in [1.54, 1.807) is 29.9 Å². The highest BCUT2D eigenvalue weighted by Crippen LogP contribution is 2.30. The van der Waals surface area contributed by atoms with E-state index in [0.717, 1.165) is 30.1 Å². The number of piperidine rings is 1. The maximum Gasteiger partial charge on any atom is 0.262 e. The van der Waals surface area contributed by atoms with E-state index in [1.165, 1.54) is 0 Å². The monoisotopic (exact) mass is 437 g/mol. The Bertz CT molecular complexity index is 1140. The third-order valence-electron chi connectivity index (χ3n) is 6.14. The van der Waals surface area contributed by atoms with Gasteiger partial charge in [-0.15, -0.1) is 0 Å². The van der Waals surface area contributed by atoms with Crippen LogP contribution < -0.4 is 16.0 Å². The number of amides is 4. The van der Waals surface area contributed by atoms with Crippen molar-refractivity contribution in [2.24, 2.45) is 7.05 Å². The van der Waals surface area contributed by atoms with Gasteiger partial charge in [0, 0.05) is 20.0 Å². The van der Waals surface area contributed by atoms with Crippen LogP contribution in [0, 0.1) is 0 Å². The number of carbonyl (C=O) groups excluding carboxylic acids is 4. The van der Waals surface area contributed by atoms with E-state index in [9.17, 15) is 19.2 Å². The van der Waals surface area contributed by atoms with Gasteiger partial charge in [0.1, 0.15) is 6.04 Å². The number of carbonyl (C=O) groups is 4. The Balaban J connectivity index is 1.37. The minimum absolute atomic E-state index is 0.0859. The van der Waals surface area contributed by atoms with Gasteiger partial charge in [-0.1, -0.05) is 12.1 Å². The van der Waals surface area contributed by atoms with Gasteiger partial charge < -0.3 is 10.6 Å². The van der Waals surface area contributed by atoms with Crippen LogP contribution in [0.5, 0.6) is 0 Å². The second-order valence-corrected chi connectivity index (χ2v) is 8.21. The van der Waals surface area contributed by atoms with Crippen molar-refractivity contribution in [1.82, 2.24) is 30.3 Å². The summed E-state index contributed by atoms with van der Waals surface area (Å²) in [6.45, 7) is 1.21. The molecule has 0 saturated carbocycles. The molecule has 4 heterocycles. The fraction of sp³-hybridized carbons (Fsp3) is 0.429. The molecule has 0 bridgehead atoms. The lowest BCUT2D eigenvalue weighted by Gasteiger charge is -2.27. The highest BCUT2D eigenvalue weighted by Gasteiger charge is 2.45. The van der Waals surface area contributed by atoms with Crippen LogP contribution in [0.1, 0.15) is 63.8 Å². The molecule has 3 aliphatic rings. The largest absolute Gasteiger partial charge is 0.350 e. The Morgan fingerprint density at radius 2 is 2.00 bits per heavy atom. The molecule has 2 fully saturated rings. The molecule has 166 valence electrons. The van der Waals surface area contributed by atoms with Crippen molar-refractivity contribution < 1.29 is 19.2 Å². The highest BCUT2D eigenvalue weighted by atomic mass is 16.2. The number of aromatic nitrogens is 3. The molecular formula is C21H23N7O4.